The molecule has 8 rings (SSSR count). The molecule has 0 saturated carbocycles. The lowest BCUT2D eigenvalue weighted by molar-refractivity contribution is -0.227. The van der Waals surface area contributed by atoms with Crippen molar-refractivity contribution in [1.82, 2.24) is 9.97 Å². The topological polar surface area (TPSA) is 165 Å². The van der Waals surface area contributed by atoms with E-state index in [9.17, 15) is 19.2 Å². The highest BCUT2D eigenvalue weighted by molar-refractivity contribution is 7.98. The van der Waals surface area contributed by atoms with E-state index >= 15 is 0 Å². The van der Waals surface area contributed by atoms with Gasteiger partial charge in [-0.15, -0.1) is 0 Å². The Kier molecular flexibility index (Phi) is 14.8. The molecule has 1 saturated heterocycles. The number of anilines is 2. The van der Waals surface area contributed by atoms with Gasteiger partial charge in [-0.3, -0.25) is 0 Å². The van der Waals surface area contributed by atoms with Gasteiger partial charge in [0.05, 0.1) is 22.3 Å². The maximum Gasteiger partial charge on any atom is 0.338 e. The fourth-order valence-corrected chi connectivity index (χ4v) is 8.30. The number of ether oxygens (including phenoxy) is 5. The standard InChI is InChI=1S/C50H40N4O9S2/c55-44(34-21-9-2-10-22-34)59-31-39-40(61-45(56)35-23-11-3-12-24-35)41(62-46(57)36-25-13-4-14-26-36)42(63-47(58)37-27-15-5-16-28-37)43(60-39)52-50-54-48(64-32-33-19-7-1-8-20-33)53-49(65-50)51-38-29-17-6-18-30-38/h1-30,39-43H,31-32H2,(H,51,52,53,54)/t39-,40-,41+,42-,43-/m0/s1. The summed E-state index contributed by atoms with van der Waals surface area (Å²) in [7, 11) is 0. The first-order chi connectivity index (χ1) is 31.9. The number of benzene rings is 6. The maximum atomic E-state index is 14.1. The molecule has 7 aromatic rings. The minimum absolute atomic E-state index is 0.146. The monoisotopic (exact) mass is 904 g/mol. The van der Waals surface area contributed by atoms with Crippen molar-refractivity contribution in [1.29, 1.82) is 0 Å². The van der Waals surface area contributed by atoms with E-state index in [1.54, 1.807) is 121 Å². The number of nitrogens with one attached hydrogen (secondary N) is 1. The van der Waals surface area contributed by atoms with E-state index < -0.39 is 61.1 Å². The Morgan fingerprint density at radius 3 is 1.52 bits per heavy atom. The van der Waals surface area contributed by atoms with Gasteiger partial charge >= 0.3 is 23.9 Å². The largest absolute Gasteiger partial charge is 0.459 e. The van der Waals surface area contributed by atoms with Crippen LogP contribution in [-0.2, 0) is 29.4 Å². The van der Waals surface area contributed by atoms with E-state index in [0.717, 1.165) is 22.6 Å². The van der Waals surface area contributed by atoms with E-state index in [1.807, 2.05) is 60.7 Å². The zero-order valence-electron chi connectivity index (χ0n) is 34.5. The zero-order chi connectivity index (χ0) is 44.8. The van der Waals surface area contributed by atoms with Crippen molar-refractivity contribution in [3.63, 3.8) is 0 Å². The molecule has 65 heavy (non-hydrogen) atoms. The molecule has 0 unspecified atom stereocenters. The summed E-state index contributed by atoms with van der Waals surface area (Å²) in [6.45, 7) is -0.503. The van der Waals surface area contributed by atoms with E-state index in [0.29, 0.717) is 16.0 Å². The van der Waals surface area contributed by atoms with Crippen molar-refractivity contribution >= 4 is 57.8 Å². The van der Waals surface area contributed by atoms with Crippen LogP contribution in [0.4, 0.5) is 10.8 Å². The first kappa shape index (κ1) is 44.2. The van der Waals surface area contributed by atoms with Gasteiger partial charge in [0.25, 0.3) is 0 Å². The predicted octanol–water partition coefficient (Wildman–Crippen LogP) is 8.73. The summed E-state index contributed by atoms with van der Waals surface area (Å²) in [5, 5.41) is 4.13. The summed E-state index contributed by atoms with van der Waals surface area (Å²) in [4.78, 5) is 70.2. The Bertz CT molecular complexity index is 2750. The molecule has 326 valence electrons. The van der Waals surface area contributed by atoms with Crippen molar-refractivity contribution in [3.8, 4) is 0 Å². The quantitative estimate of drug-likeness (QED) is 0.0591. The molecule has 0 spiro atoms. The number of esters is 4. The number of carbonyl (C=O) groups excluding carboxylic acids is 4. The Morgan fingerprint density at radius 1 is 0.554 bits per heavy atom. The number of rotatable bonds is 15. The number of nitrogens with zero attached hydrogens (tertiary/aromatic N) is 3. The van der Waals surface area contributed by atoms with Crippen LogP contribution in [0.1, 0.15) is 47.0 Å². The van der Waals surface area contributed by atoms with Crippen LogP contribution in [0, 0.1) is 0 Å². The van der Waals surface area contributed by atoms with Gasteiger partial charge < -0.3 is 29.0 Å². The van der Waals surface area contributed by atoms with Crippen LogP contribution in [0.5, 0.6) is 0 Å². The van der Waals surface area contributed by atoms with Gasteiger partial charge in [-0.1, -0.05) is 144 Å². The second-order valence-electron chi connectivity index (χ2n) is 14.3. The maximum absolute atomic E-state index is 14.1. The SMILES string of the molecule is O=C(OC[C@@H]1O[C@H](/N=c2/nc(SCc3ccccc3)nc(Nc3ccccc3)s2)[C@@H](OC(=O)c2ccccc2)[C@H](OC(=O)c2ccccc2)[C@H]1OC(=O)c1ccccc1)c1ccccc1. The minimum atomic E-state index is -1.59. The zero-order valence-corrected chi connectivity index (χ0v) is 36.1. The second kappa shape index (κ2) is 21.8. The first-order valence-corrected chi connectivity index (χ1v) is 22.2. The molecule has 13 nitrogen and oxygen atoms in total. The molecule has 0 bridgehead atoms. The van der Waals surface area contributed by atoms with E-state index in [2.05, 4.69) is 5.32 Å². The van der Waals surface area contributed by atoms with Crippen molar-refractivity contribution < 1.29 is 42.9 Å². The smallest absolute Gasteiger partial charge is 0.338 e. The van der Waals surface area contributed by atoms with Gasteiger partial charge in [-0.25, -0.2) is 24.2 Å². The summed E-state index contributed by atoms with van der Waals surface area (Å²) < 4.78 is 31.1. The van der Waals surface area contributed by atoms with Crippen molar-refractivity contribution in [3.05, 3.63) is 215 Å². The molecule has 1 fully saturated rings. The molecule has 1 N–H and O–H groups in total. The van der Waals surface area contributed by atoms with Crippen molar-refractivity contribution in [2.24, 2.45) is 4.99 Å². The molecule has 0 amide bonds. The van der Waals surface area contributed by atoms with Crippen LogP contribution in [0.15, 0.2) is 192 Å². The minimum Gasteiger partial charge on any atom is -0.459 e. The number of hydrogen-bond acceptors (Lipinski definition) is 15. The molecule has 0 radical (unpaired) electrons. The molecule has 15 heteroatoms. The van der Waals surface area contributed by atoms with Gasteiger partial charge in [0.15, 0.2) is 34.8 Å². The highest BCUT2D eigenvalue weighted by Crippen LogP contribution is 2.32. The summed E-state index contributed by atoms with van der Waals surface area (Å²) >= 11 is 2.47. The molecular weight excluding hydrogens is 865 g/mol. The molecule has 1 aromatic heterocycles. The lowest BCUT2D eigenvalue weighted by atomic mass is 9.97. The van der Waals surface area contributed by atoms with E-state index in [4.69, 9.17) is 38.6 Å². The first-order valence-electron chi connectivity index (χ1n) is 20.4. The number of aromatic nitrogens is 2. The average molecular weight is 905 g/mol. The average Bonchev–Trinajstić information content (AvgIpc) is 3.36. The van der Waals surface area contributed by atoms with Crippen molar-refractivity contribution in [2.45, 2.75) is 41.6 Å². The van der Waals surface area contributed by atoms with Crippen LogP contribution in [-0.4, -0.2) is 71.1 Å². The third kappa shape index (κ3) is 12.0. The lowest BCUT2D eigenvalue weighted by Gasteiger charge is -2.43. The molecular formula is C50H40N4O9S2. The number of carbonyl (C=O) groups is 4. The molecule has 6 aromatic carbocycles. The Morgan fingerprint density at radius 2 is 1.00 bits per heavy atom. The molecule has 1 aliphatic heterocycles. The Hall–Kier alpha value is -7.46. The highest BCUT2D eigenvalue weighted by atomic mass is 32.2. The Labute approximate surface area is 382 Å². The molecule has 5 atom stereocenters. The van der Waals surface area contributed by atoms with E-state index in [1.165, 1.54) is 11.8 Å². The Balaban J connectivity index is 1.25. The van der Waals surface area contributed by atoms with Gasteiger partial charge in [-0.2, -0.15) is 9.97 Å². The predicted molar refractivity (Wildman–Crippen MR) is 244 cm³/mol. The molecule has 0 aliphatic carbocycles. The van der Waals surface area contributed by atoms with Gasteiger partial charge in [-0.05, 0) is 66.2 Å². The summed E-state index contributed by atoms with van der Waals surface area (Å²) in [6.07, 6.45) is -7.53. The summed E-state index contributed by atoms with van der Waals surface area (Å²) in [5.74, 6) is -2.59. The normalized spacial score (nSPS) is 18.2. The number of para-hydroxylation sites is 1. The van der Waals surface area contributed by atoms with Gasteiger partial charge in [0, 0.05) is 11.4 Å². The van der Waals surface area contributed by atoms with Crippen LogP contribution in [0.25, 0.3) is 0 Å². The van der Waals surface area contributed by atoms with Crippen LogP contribution in [0.3, 0.4) is 0 Å². The van der Waals surface area contributed by atoms with Crippen LogP contribution in [0.2, 0.25) is 0 Å². The van der Waals surface area contributed by atoms with Crippen LogP contribution >= 0.6 is 23.1 Å². The fourth-order valence-electron chi connectivity index (χ4n) is 6.62. The summed E-state index contributed by atoms with van der Waals surface area (Å²) in [6, 6.07) is 52.1. The van der Waals surface area contributed by atoms with Gasteiger partial charge in [0.2, 0.25) is 4.80 Å². The number of thioether (sulfide) groups is 1. The van der Waals surface area contributed by atoms with E-state index in [-0.39, 0.29) is 27.1 Å². The van der Waals surface area contributed by atoms with Gasteiger partial charge in [0.1, 0.15) is 12.7 Å². The third-order valence-corrected chi connectivity index (χ3v) is 11.5. The summed E-state index contributed by atoms with van der Waals surface area (Å²) in [5.41, 5.74) is 2.57. The third-order valence-electron chi connectivity index (χ3n) is 9.81. The highest BCUT2D eigenvalue weighted by Gasteiger charge is 2.53. The molecule has 1 aliphatic rings. The van der Waals surface area contributed by atoms with Crippen LogP contribution < -0.4 is 10.1 Å². The molecule has 2 heterocycles. The number of hydrogen-bond donors (Lipinski definition) is 1. The lowest BCUT2D eigenvalue weighted by Crippen LogP contribution is -2.62. The second-order valence-corrected chi connectivity index (χ2v) is 16.2. The fraction of sp³-hybridized carbons (Fsp3) is 0.140. The van der Waals surface area contributed by atoms with Crippen molar-refractivity contribution in [2.75, 3.05) is 11.9 Å².